The molecule has 0 aromatic heterocycles. The van der Waals surface area contributed by atoms with E-state index in [0.717, 1.165) is 31.3 Å². The first-order valence-electron chi connectivity index (χ1n) is 30.7. The molecule has 5 aliphatic heterocycles. The molecule has 15 N–H and O–H groups in total. The Labute approximate surface area is 494 Å². The van der Waals surface area contributed by atoms with E-state index < -0.39 is 184 Å². The van der Waals surface area contributed by atoms with Crippen molar-refractivity contribution < 1.29 is 129 Å². The van der Waals surface area contributed by atoms with Crippen molar-refractivity contribution >= 4 is 5.97 Å². The van der Waals surface area contributed by atoms with E-state index in [0.29, 0.717) is 38.5 Å². The summed E-state index contributed by atoms with van der Waals surface area (Å²) >= 11 is 0. The van der Waals surface area contributed by atoms with Crippen molar-refractivity contribution in [2.75, 3.05) is 26.4 Å². The number of ether oxygens (including phenoxy) is 10. The Morgan fingerprint density at radius 2 is 1.13 bits per heavy atom. The van der Waals surface area contributed by atoms with Gasteiger partial charge >= 0.3 is 5.97 Å². The van der Waals surface area contributed by atoms with Gasteiger partial charge in [0.2, 0.25) is 6.29 Å². The van der Waals surface area contributed by atoms with Crippen LogP contribution < -0.4 is 0 Å². The van der Waals surface area contributed by atoms with E-state index in [4.69, 9.17) is 47.4 Å². The normalized spacial score (nSPS) is 56.3. The quantitative estimate of drug-likeness (QED) is 0.0478. The Balaban J connectivity index is 0.820. The molecular weight excluding hydrogens is 1120 g/mol. The molecule has 0 spiro atoms. The maximum absolute atomic E-state index is 15.2. The highest BCUT2D eigenvalue weighted by molar-refractivity contribution is 5.78. The molecule has 0 radical (unpaired) electrons. The number of hydrogen-bond acceptors (Lipinski definition) is 26. The lowest BCUT2D eigenvalue weighted by molar-refractivity contribution is -0.366. The number of carbonyl (C=O) groups is 1. The molecule has 0 aromatic carbocycles. The fraction of sp³-hybridized carbons (Fsp3) is 0.949. The Bertz CT molecular complexity index is 2340. The summed E-state index contributed by atoms with van der Waals surface area (Å²) in [6.07, 6.45) is -31.6. The standard InChI is InChI=1S/C59H96O26/c1-23(2)26-11-16-59(54(75)85-52-45(73)41(69)38(66)30(81-52)21-77-49-46(74)42(70)47(29(19-60)80-49)83-50-43(71)39(67)35(63)24(3)78-50)18-17-57(7)27(34(26)59)9-10-32-55(5)14-13-33(56(6,22-61)31(55)12-15-58(32,57)8)82-53-48(37(65)28(62)20-76-53)84-51-44(72)40(68)36(64)25(4)79-51/h24-53,60-74H,1,9-22H2,2-8H3/t24-,25-,26-,27+,28-,29+,30+,31+,32+,33-,34+,35-,36-,37-,38+,39+,40+,41-,42+,43?,44+,45+,46+,47+,48+,49-,50-,51-,52?,53?,55-,56-,57+,58+,59-/m0/s1. The number of aliphatic hydroxyl groups is 15. The molecule has 3 unspecified atom stereocenters. The van der Waals surface area contributed by atoms with Gasteiger partial charge in [-0.1, -0.05) is 39.8 Å². The van der Waals surface area contributed by atoms with Crippen LogP contribution in [0.15, 0.2) is 12.2 Å². The molecule has 488 valence electrons. The van der Waals surface area contributed by atoms with E-state index in [2.05, 4.69) is 27.4 Å². The maximum Gasteiger partial charge on any atom is 0.314 e. The second kappa shape index (κ2) is 24.7. The molecule has 26 nitrogen and oxygen atoms in total. The number of fused-ring (bicyclic) bond motifs is 7. The minimum absolute atomic E-state index is 0.0172. The van der Waals surface area contributed by atoms with E-state index in [1.165, 1.54) is 13.8 Å². The first-order valence-corrected chi connectivity index (χ1v) is 30.7. The molecule has 0 aromatic rings. The van der Waals surface area contributed by atoms with Crippen LogP contribution in [0.2, 0.25) is 0 Å². The molecule has 10 fully saturated rings. The third-order valence-corrected chi connectivity index (χ3v) is 23.6. The molecule has 26 heteroatoms. The molecule has 0 amide bonds. The highest BCUT2D eigenvalue weighted by Crippen LogP contribution is 2.78. The van der Waals surface area contributed by atoms with Gasteiger partial charge in [-0.15, -0.1) is 0 Å². The van der Waals surface area contributed by atoms with Gasteiger partial charge in [0.05, 0.1) is 50.2 Å². The fourth-order valence-corrected chi connectivity index (χ4v) is 18.4. The van der Waals surface area contributed by atoms with E-state index in [1.54, 1.807) is 0 Å². The number of aliphatic hydroxyl groups excluding tert-OH is 15. The van der Waals surface area contributed by atoms with E-state index in [1.807, 2.05) is 13.8 Å². The summed E-state index contributed by atoms with van der Waals surface area (Å²) in [5.74, 6) is -0.760. The lowest BCUT2D eigenvalue weighted by Crippen LogP contribution is -2.68. The predicted molar refractivity (Wildman–Crippen MR) is 288 cm³/mol. The van der Waals surface area contributed by atoms with Crippen LogP contribution in [0.5, 0.6) is 0 Å². The van der Waals surface area contributed by atoms with Crippen LogP contribution in [0.25, 0.3) is 0 Å². The second-order valence-electron chi connectivity index (χ2n) is 28.0. The van der Waals surface area contributed by atoms with Crippen LogP contribution in [0, 0.1) is 56.7 Å². The monoisotopic (exact) mass is 1220 g/mol. The summed E-state index contributed by atoms with van der Waals surface area (Å²) < 4.78 is 59.5. The largest absolute Gasteiger partial charge is 0.432 e. The summed E-state index contributed by atoms with van der Waals surface area (Å²) in [4.78, 5) is 15.2. The molecule has 10 rings (SSSR count). The molecule has 0 bridgehead atoms. The van der Waals surface area contributed by atoms with Crippen LogP contribution in [-0.2, 0) is 52.2 Å². The summed E-state index contributed by atoms with van der Waals surface area (Å²) in [5, 5.41) is 163. The van der Waals surface area contributed by atoms with E-state index >= 15 is 4.79 Å². The number of hydrogen-bond donors (Lipinski definition) is 15. The van der Waals surface area contributed by atoms with E-state index in [-0.39, 0.29) is 59.0 Å². The van der Waals surface area contributed by atoms with Gasteiger partial charge in [0, 0.05) is 5.41 Å². The number of allylic oxidation sites excluding steroid dienone is 1. The fourth-order valence-electron chi connectivity index (χ4n) is 18.4. The third-order valence-electron chi connectivity index (χ3n) is 23.6. The van der Waals surface area contributed by atoms with Crippen molar-refractivity contribution in [3.05, 3.63) is 12.2 Å². The zero-order valence-electron chi connectivity index (χ0n) is 49.6. The molecule has 5 saturated carbocycles. The van der Waals surface area contributed by atoms with Crippen molar-refractivity contribution in [3.63, 3.8) is 0 Å². The summed E-state index contributed by atoms with van der Waals surface area (Å²) in [7, 11) is 0. The summed E-state index contributed by atoms with van der Waals surface area (Å²) in [6.45, 7) is 16.5. The van der Waals surface area contributed by atoms with Crippen molar-refractivity contribution in [1.29, 1.82) is 0 Å². The third kappa shape index (κ3) is 10.9. The molecular formula is C59H96O26. The van der Waals surface area contributed by atoms with Crippen molar-refractivity contribution in [2.24, 2.45) is 56.7 Å². The molecule has 85 heavy (non-hydrogen) atoms. The maximum atomic E-state index is 15.2. The second-order valence-corrected chi connectivity index (χ2v) is 28.0. The lowest BCUT2D eigenvalue weighted by atomic mass is 9.32. The number of rotatable bonds is 14. The van der Waals surface area contributed by atoms with Gasteiger partial charge in [-0.3, -0.25) is 4.79 Å². The minimum atomic E-state index is -1.90. The highest BCUT2D eigenvalue weighted by atomic mass is 16.8. The first-order chi connectivity index (χ1) is 39.9. The molecule has 10 aliphatic rings. The highest BCUT2D eigenvalue weighted by Gasteiger charge is 2.73. The number of carbonyl (C=O) groups excluding carboxylic acids is 1. The van der Waals surface area contributed by atoms with Gasteiger partial charge in [0.1, 0.15) is 104 Å². The van der Waals surface area contributed by atoms with Crippen LogP contribution in [0.4, 0.5) is 0 Å². The summed E-state index contributed by atoms with van der Waals surface area (Å²) in [6, 6.07) is 0. The lowest BCUT2D eigenvalue weighted by Gasteiger charge is -2.73. The smallest absolute Gasteiger partial charge is 0.314 e. The average Bonchev–Trinajstić information content (AvgIpc) is 1.62. The van der Waals surface area contributed by atoms with Gasteiger partial charge in [-0.2, -0.15) is 0 Å². The average molecular weight is 1220 g/mol. The van der Waals surface area contributed by atoms with Crippen LogP contribution >= 0.6 is 0 Å². The Morgan fingerprint density at radius 1 is 0.541 bits per heavy atom. The predicted octanol–water partition coefficient (Wildman–Crippen LogP) is -2.69. The zero-order valence-corrected chi connectivity index (χ0v) is 49.6. The van der Waals surface area contributed by atoms with Crippen LogP contribution in [0.1, 0.15) is 113 Å². The first kappa shape index (κ1) is 66.2. The van der Waals surface area contributed by atoms with Gasteiger partial charge < -0.3 is 124 Å². The molecule has 5 heterocycles. The van der Waals surface area contributed by atoms with Gasteiger partial charge in [0.15, 0.2) is 25.2 Å². The SMILES string of the molecule is C=C(C)[C@@H]1CC[C@]2(C(=O)OC3O[C@H](CO[C@H]4O[C@H](CO)[C@@H](O[C@@H]5O[C@@H](C)[C@H](O)[C@@H](O)C5O)[C@H](O)[C@H]4O)[C@@H](O)[C@H](O)[C@H]3O)CC[C@]3(C)[C@H](CC[C@@H]4[C@@]5(C)CC[C@H](OC6OC[C@H](O)[C@H](O)[C@H]6O[C@@H]6O[C@@H](C)[C@H](O)[C@@H](O)[C@H]6O)[C@@](C)(CO)[C@@H]5CC[C@]43C)[C@@H]12. The topological polar surface area (TPSA) is 413 Å². The molecule has 35 atom stereocenters. The Kier molecular flexibility index (Phi) is 19.2. The van der Waals surface area contributed by atoms with Gasteiger partial charge in [0.25, 0.3) is 0 Å². The van der Waals surface area contributed by atoms with Crippen molar-refractivity contribution in [1.82, 2.24) is 0 Å². The van der Waals surface area contributed by atoms with Crippen LogP contribution in [0.3, 0.4) is 0 Å². The Morgan fingerprint density at radius 3 is 1.74 bits per heavy atom. The van der Waals surface area contributed by atoms with Gasteiger partial charge in [-0.25, -0.2) is 0 Å². The Hall–Kier alpha value is -1.75. The minimum Gasteiger partial charge on any atom is -0.432 e. The molecule has 5 saturated heterocycles. The summed E-state index contributed by atoms with van der Waals surface area (Å²) in [5.41, 5.74) is -1.80. The van der Waals surface area contributed by atoms with Gasteiger partial charge in [-0.05, 0) is 131 Å². The van der Waals surface area contributed by atoms with Crippen molar-refractivity contribution in [2.45, 2.75) is 266 Å². The zero-order chi connectivity index (χ0) is 61.9. The molecule has 5 aliphatic carbocycles. The van der Waals surface area contributed by atoms with E-state index in [9.17, 15) is 76.6 Å². The van der Waals surface area contributed by atoms with Crippen LogP contribution in [-0.4, -0.2) is 263 Å². The van der Waals surface area contributed by atoms with Crippen molar-refractivity contribution in [3.8, 4) is 0 Å². The number of esters is 1.